The second-order valence-electron chi connectivity index (χ2n) is 6.43. The van der Waals surface area contributed by atoms with Crippen LogP contribution in [0.5, 0.6) is 0 Å². The van der Waals surface area contributed by atoms with Gasteiger partial charge in [-0.25, -0.2) is 4.89 Å². The summed E-state index contributed by atoms with van der Waals surface area (Å²) in [6, 6.07) is 0. The molecule has 0 aromatic carbocycles. The lowest BCUT2D eigenvalue weighted by atomic mass is 10.1. The Kier molecular flexibility index (Phi) is 18.1. The summed E-state index contributed by atoms with van der Waals surface area (Å²) in [5.41, 5.74) is 0. The monoisotopic (exact) mass is 393 g/mol. The molecule has 0 heterocycles. The second-order valence-corrected chi connectivity index (χ2v) is 6.43. The molecule has 1 amide bonds. The van der Waals surface area contributed by atoms with E-state index in [0.29, 0.717) is 12.8 Å². The number of aliphatic carboxylic acids is 1. The molecular weight excluding hydrogens is 358 g/mol. The Bertz CT molecular complexity index is 523. The fraction of sp³-hybridized carbons (Fsp3) is 0.545. The SMILES string of the molecule is CCCCC[C@@H](/C=C/C=C\C/C=C\C/C=C\CCCC(=O)NCC(=O)O)OO. The Morgan fingerprint density at radius 3 is 2.39 bits per heavy atom. The highest BCUT2D eigenvalue weighted by molar-refractivity contribution is 5.80. The highest BCUT2D eigenvalue weighted by Crippen LogP contribution is 2.07. The number of carboxylic acids is 1. The highest BCUT2D eigenvalue weighted by atomic mass is 17.1. The van der Waals surface area contributed by atoms with E-state index in [0.717, 1.165) is 44.9 Å². The number of nitrogens with one attached hydrogen (secondary N) is 1. The van der Waals surface area contributed by atoms with Crippen molar-refractivity contribution in [2.75, 3.05) is 6.54 Å². The second kappa shape index (κ2) is 19.6. The van der Waals surface area contributed by atoms with E-state index in [2.05, 4.69) is 35.4 Å². The lowest BCUT2D eigenvalue weighted by molar-refractivity contribution is -0.267. The minimum Gasteiger partial charge on any atom is -0.480 e. The molecule has 0 aromatic rings. The third-order valence-electron chi connectivity index (χ3n) is 3.89. The number of carboxylic acid groups (broad SMARTS) is 1. The fourth-order valence-corrected chi connectivity index (χ4v) is 2.33. The van der Waals surface area contributed by atoms with Gasteiger partial charge in [-0.3, -0.25) is 14.8 Å². The maximum absolute atomic E-state index is 11.3. The molecule has 0 spiro atoms. The molecule has 0 aliphatic heterocycles. The summed E-state index contributed by atoms with van der Waals surface area (Å²) in [7, 11) is 0. The van der Waals surface area contributed by atoms with E-state index in [4.69, 9.17) is 10.4 Å². The van der Waals surface area contributed by atoms with Crippen LogP contribution in [0, 0.1) is 0 Å². The quantitative estimate of drug-likeness (QED) is 0.108. The summed E-state index contributed by atoms with van der Waals surface area (Å²) in [5, 5.41) is 19.6. The van der Waals surface area contributed by atoms with Gasteiger partial charge in [0.25, 0.3) is 0 Å². The zero-order valence-corrected chi connectivity index (χ0v) is 16.9. The van der Waals surface area contributed by atoms with Crippen molar-refractivity contribution in [2.24, 2.45) is 0 Å². The predicted molar refractivity (Wildman–Crippen MR) is 112 cm³/mol. The molecule has 0 fully saturated rings. The predicted octanol–water partition coefficient (Wildman–Crippen LogP) is 4.80. The molecule has 6 nitrogen and oxygen atoms in total. The van der Waals surface area contributed by atoms with Crippen molar-refractivity contribution in [1.29, 1.82) is 0 Å². The summed E-state index contributed by atoms with van der Waals surface area (Å²) in [5.74, 6) is -1.26. The first-order valence-corrected chi connectivity index (χ1v) is 10.0. The van der Waals surface area contributed by atoms with Crippen molar-refractivity contribution in [3.63, 3.8) is 0 Å². The summed E-state index contributed by atoms with van der Waals surface area (Å²) >= 11 is 0. The smallest absolute Gasteiger partial charge is 0.322 e. The highest BCUT2D eigenvalue weighted by Gasteiger charge is 2.03. The van der Waals surface area contributed by atoms with E-state index < -0.39 is 5.97 Å². The van der Waals surface area contributed by atoms with Gasteiger partial charge in [0.05, 0.1) is 0 Å². The topological polar surface area (TPSA) is 95.9 Å². The minimum absolute atomic E-state index is 0.227. The van der Waals surface area contributed by atoms with Crippen LogP contribution in [0.3, 0.4) is 0 Å². The Morgan fingerprint density at radius 1 is 1.00 bits per heavy atom. The van der Waals surface area contributed by atoms with Gasteiger partial charge < -0.3 is 10.4 Å². The van der Waals surface area contributed by atoms with Crippen molar-refractivity contribution < 1.29 is 24.8 Å². The van der Waals surface area contributed by atoms with Crippen LogP contribution in [-0.2, 0) is 14.5 Å². The van der Waals surface area contributed by atoms with Gasteiger partial charge in [-0.05, 0) is 32.1 Å². The van der Waals surface area contributed by atoms with Crippen LogP contribution in [0.1, 0.15) is 64.7 Å². The molecule has 0 aliphatic rings. The van der Waals surface area contributed by atoms with E-state index in [1.165, 1.54) is 0 Å². The number of hydrogen-bond acceptors (Lipinski definition) is 4. The van der Waals surface area contributed by atoms with Crippen LogP contribution in [0.4, 0.5) is 0 Å². The number of hydrogen-bond donors (Lipinski definition) is 3. The summed E-state index contributed by atoms with van der Waals surface area (Å²) in [4.78, 5) is 26.1. The third-order valence-corrected chi connectivity index (χ3v) is 3.89. The zero-order chi connectivity index (χ0) is 20.9. The first kappa shape index (κ1) is 25.8. The molecule has 0 aromatic heterocycles. The van der Waals surface area contributed by atoms with E-state index in [1.54, 1.807) is 0 Å². The number of amides is 1. The van der Waals surface area contributed by atoms with Gasteiger partial charge in [-0.15, -0.1) is 0 Å². The average Bonchev–Trinajstić information content (AvgIpc) is 2.68. The maximum Gasteiger partial charge on any atom is 0.322 e. The van der Waals surface area contributed by atoms with Gasteiger partial charge in [-0.2, -0.15) is 0 Å². The van der Waals surface area contributed by atoms with E-state index in [9.17, 15) is 9.59 Å². The summed E-state index contributed by atoms with van der Waals surface area (Å²) < 4.78 is 0. The maximum atomic E-state index is 11.3. The van der Waals surface area contributed by atoms with Crippen LogP contribution >= 0.6 is 0 Å². The summed E-state index contributed by atoms with van der Waals surface area (Å²) in [6.45, 7) is 1.82. The van der Waals surface area contributed by atoms with Crippen LogP contribution < -0.4 is 5.32 Å². The van der Waals surface area contributed by atoms with Gasteiger partial charge >= 0.3 is 5.97 Å². The zero-order valence-electron chi connectivity index (χ0n) is 16.9. The minimum atomic E-state index is -1.03. The molecule has 158 valence electrons. The van der Waals surface area contributed by atoms with Gasteiger partial charge in [0.1, 0.15) is 12.6 Å². The fourth-order valence-electron chi connectivity index (χ4n) is 2.33. The van der Waals surface area contributed by atoms with Crippen molar-refractivity contribution in [3.05, 3.63) is 48.6 Å². The van der Waals surface area contributed by atoms with E-state index in [-0.39, 0.29) is 18.6 Å². The molecule has 0 rings (SSSR count). The van der Waals surface area contributed by atoms with Crippen molar-refractivity contribution >= 4 is 11.9 Å². The molecule has 0 unspecified atom stereocenters. The first-order valence-electron chi connectivity index (χ1n) is 10.0. The summed E-state index contributed by atoms with van der Waals surface area (Å²) in [6.07, 6.45) is 23.4. The molecule has 0 aliphatic carbocycles. The molecule has 0 radical (unpaired) electrons. The van der Waals surface area contributed by atoms with Crippen LogP contribution in [0.2, 0.25) is 0 Å². The molecule has 0 saturated carbocycles. The molecule has 3 N–H and O–H groups in total. The van der Waals surface area contributed by atoms with E-state index >= 15 is 0 Å². The van der Waals surface area contributed by atoms with Gasteiger partial charge in [0.15, 0.2) is 0 Å². The van der Waals surface area contributed by atoms with Crippen molar-refractivity contribution in [1.82, 2.24) is 5.32 Å². The van der Waals surface area contributed by atoms with Gasteiger partial charge in [0.2, 0.25) is 5.91 Å². The first-order chi connectivity index (χ1) is 13.6. The lowest BCUT2D eigenvalue weighted by Crippen LogP contribution is -2.28. The molecule has 1 atom stereocenters. The normalized spacial score (nSPS) is 13.2. The molecular formula is C22H35NO5. The Hall–Kier alpha value is -2.18. The number of carbonyl (C=O) groups excluding carboxylic acids is 1. The molecule has 28 heavy (non-hydrogen) atoms. The Balaban J connectivity index is 3.71. The molecule has 0 bridgehead atoms. The van der Waals surface area contributed by atoms with Crippen LogP contribution in [-0.4, -0.2) is 34.9 Å². The number of carbonyl (C=O) groups is 2. The lowest BCUT2D eigenvalue weighted by Gasteiger charge is -2.07. The van der Waals surface area contributed by atoms with Crippen molar-refractivity contribution in [3.8, 4) is 0 Å². The largest absolute Gasteiger partial charge is 0.480 e. The number of unbranched alkanes of at least 4 members (excludes halogenated alkanes) is 3. The number of rotatable bonds is 17. The Labute approximate surface area is 168 Å². The molecule has 0 saturated heterocycles. The van der Waals surface area contributed by atoms with E-state index in [1.807, 2.05) is 30.4 Å². The standard InChI is InChI=1S/C22H35NO5/c1-2-3-13-16-20(28-27)17-14-11-9-7-5-4-6-8-10-12-15-18-21(24)23-19-22(25)26/h4-5,8-11,14,17,20,27H,2-3,6-7,12-13,15-16,18-19H2,1H3,(H,23,24)(H,25,26)/b5-4-,10-8-,11-9-,17-14+/t20-/m0/s1. The number of allylic oxidation sites excluding steroid dienone is 7. The van der Waals surface area contributed by atoms with Crippen molar-refractivity contribution in [2.45, 2.75) is 70.8 Å². The Morgan fingerprint density at radius 2 is 1.71 bits per heavy atom. The molecule has 6 heteroatoms. The van der Waals surface area contributed by atoms with Gasteiger partial charge in [-0.1, -0.05) is 74.8 Å². The third kappa shape index (κ3) is 18.6. The van der Waals surface area contributed by atoms with Crippen LogP contribution in [0.15, 0.2) is 48.6 Å². The average molecular weight is 394 g/mol. The van der Waals surface area contributed by atoms with Crippen LogP contribution in [0.25, 0.3) is 0 Å². The van der Waals surface area contributed by atoms with Gasteiger partial charge in [0, 0.05) is 6.42 Å².